The molecule has 0 aromatic heterocycles. The Kier molecular flexibility index (Phi) is 4.06. The topological polar surface area (TPSA) is 46.2 Å². The molecule has 1 saturated carbocycles. The number of hydrogen-bond acceptors (Lipinski definition) is 2. The summed E-state index contributed by atoms with van der Waals surface area (Å²) in [5.41, 5.74) is 2.77. The van der Waals surface area contributed by atoms with Crippen molar-refractivity contribution in [3.05, 3.63) is 65.2 Å². The van der Waals surface area contributed by atoms with Gasteiger partial charge in [0.1, 0.15) is 0 Å². The third-order valence-electron chi connectivity index (χ3n) is 4.17. The van der Waals surface area contributed by atoms with E-state index in [9.17, 15) is 8.42 Å². The van der Waals surface area contributed by atoms with E-state index >= 15 is 0 Å². The lowest BCUT2D eigenvalue weighted by molar-refractivity contribution is 0.528. The van der Waals surface area contributed by atoms with Gasteiger partial charge < -0.3 is 0 Å². The van der Waals surface area contributed by atoms with Crippen LogP contribution < -0.4 is 4.72 Å². The summed E-state index contributed by atoms with van der Waals surface area (Å²) in [6.07, 6.45) is 2.16. The summed E-state index contributed by atoms with van der Waals surface area (Å²) in [5, 5.41) is 0. The fourth-order valence-corrected chi connectivity index (χ4v) is 4.38. The molecular weight excluding hydrogens is 294 g/mol. The molecule has 0 aliphatic heterocycles. The zero-order valence-electron chi connectivity index (χ0n) is 12.9. The van der Waals surface area contributed by atoms with Crippen LogP contribution in [0.15, 0.2) is 53.4 Å². The monoisotopic (exact) mass is 315 g/mol. The number of nitrogens with one attached hydrogen (secondary N) is 1. The van der Waals surface area contributed by atoms with Crippen molar-refractivity contribution >= 4 is 10.0 Å². The van der Waals surface area contributed by atoms with E-state index in [4.69, 9.17) is 0 Å². The van der Waals surface area contributed by atoms with E-state index in [-0.39, 0.29) is 6.04 Å². The SMILES string of the molecule is Cc1ccc(C)c(S(=O)(=O)N[C@H](c2ccccc2)C2CC2)c1. The minimum atomic E-state index is -3.52. The maximum absolute atomic E-state index is 12.8. The lowest BCUT2D eigenvalue weighted by atomic mass is 10.0. The largest absolute Gasteiger partial charge is 0.241 e. The summed E-state index contributed by atoms with van der Waals surface area (Å²) >= 11 is 0. The highest BCUT2D eigenvalue weighted by Gasteiger charge is 2.35. The van der Waals surface area contributed by atoms with Crippen molar-refractivity contribution in [2.75, 3.05) is 0 Å². The molecule has 0 heterocycles. The quantitative estimate of drug-likeness (QED) is 0.914. The molecule has 1 atom stereocenters. The van der Waals surface area contributed by atoms with Gasteiger partial charge in [-0.2, -0.15) is 0 Å². The van der Waals surface area contributed by atoms with Gasteiger partial charge in [0.15, 0.2) is 0 Å². The summed E-state index contributed by atoms with van der Waals surface area (Å²) in [6, 6.07) is 15.3. The molecule has 3 nitrogen and oxygen atoms in total. The van der Waals surface area contributed by atoms with Gasteiger partial charge in [-0.3, -0.25) is 0 Å². The molecule has 1 fully saturated rings. The summed E-state index contributed by atoms with van der Waals surface area (Å²) < 4.78 is 28.5. The first kappa shape index (κ1) is 15.3. The van der Waals surface area contributed by atoms with Crippen LogP contribution in [-0.4, -0.2) is 8.42 Å². The van der Waals surface area contributed by atoms with E-state index in [0.717, 1.165) is 29.5 Å². The summed E-state index contributed by atoms with van der Waals surface area (Å²) in [6.45, 7) is 3.75. The van der Waals surface area contributed by atoms with Crippen LogP contribution in [0.25, 0.3) is 0 Å². The normalized spacial score (nSPS) is 16.5. The number of sulfonamides is 1. The Labute approximate surface area is 132 Å². The van der Waals surface area contributed by atoms with Gasteiger partial charge in [-0.15, -0.1) is 0 Å². The van der Waals surface area contributed by atoms with Crippen LogP contribution in [0, 0.1) is 19.8 Å². The van der Waals surface area contributed by atoms with Crippen molar-refractivity contribution in [3.8, 4) is 0 Å². The van der Waals surface area contributed by atoms with E-state index in [1.165, 1.54) is 0 Å². The standard InChI is InChI=1S/C18H21NO2S/c1-13-8-9-14(2)17(12-13)22(20,21)19-18(16-10-11-16)15-6-4-3-5-7-15/h3-9,12,16,18-19H,10-11H2,1-2H3/t18-/m1/s1. The van der Waals surface area contributed by atoms with E-state index in [1.807, 2.05) is 56.3 Å². The second-order valence-corrected chi connectivity index (χ2v) is 7.80. The third kappa shape index (κ3) is 3.23. The molecule has 3 rings (SSSR count). The van der Waals surface area contributed by atoms with E-state index in [1.54, 1.807) is 6.07 Å². The van der Waals surface area contributed by atoms with Crippen molar-refractivity contribution in [1.82, 2.24) is 4.72 Å². The number of aryl methyl sites for hydroxylation is 2. The molecule has 0 unspecified atom stereocenters. The minimum Gasteiger partial charge on any atom is -0.207 e. The van der Waals surface area contributed by atoms with Crippen LogP contribution in [0.4, 0.5) is 0 Å². The van der Waals surface area contributed by atoms with Crippen molar-refractivity contribution in [2.45, 2.75) is 37.6 Å². The van der Waals surface area contributed by atoms with Gasteiger partial charge in [-0.1, -0.05) is 42.5 Å². The van der Waals surface area contributed by atoms with Crippen molar-refractivity contribution in [2.24, 2.45) is 5.92 Å². The average molecular weight is 315 g/mol. The predicted molar refractivity (Wildman–Crippen MR) is 88.1 cm³/mol. The first-order valence-corrected chi connectivity index (χ1v) is 9.10. The fraction of sp³-hybridized carbons (Fsp3) is 0.333. The molecule has 0 amide bonds. The van der Waals surface area contributed by atoms with Crippen molar-refractivity contribution in [1.29, 1.82) is 0 Å². The molecule has 4 heteroatoms. The van der Waals surface area contributed by atoms with Gasteiger partial charge in [0.2, 0.25) is 10.0 Å². The molecule has 1 N–H and O–H groups in total. The van der Waals surface area contributed by atoms with Crippen LogP contribution in [0.1, 0.15) is 35.6 Å². The first-order valence-electron chi connectivity index (χ1n) is 7.62. The van der Waals surface area contributed by atoms with Gasteiger partial charge in [0.25, 0.3) is 0 Å². The Morgan fingerprint density at radius 3 is 2.36 bits per heavy atom. The Morgan fingerprint density at radius 1 is 1.05 bits per heavy atom. The molecule has 1 aliphatic carbocycles. The maximum atomic E-state index is 12.8. The van der Waals surface area contributed by atoms with Gasteiger partial charge in [-0.25, -0.2) is 13.1 Å². The Bertz CT molecular complexity index is 765. The highest BCUT2D eigenvalue weighted by molar-refractivity contribution is 7.89. The summed E-state index contributed by atoms with van der Waals surface area (Å²) in [5.74, 6) is 0.405. The Morgan fingerprint density at radius 2 is 1.73 bits per heavy atom. The van der Waals surface area contributed by atoms with Crippen LogP contribution in [-0.2, 0) is 10.0 Å². The Balaban J connectivity index is 1.94. The maximum Gasteiger partial charge on any atom is 0.241 e. The Hall–Kier alpha value is -1.65. The van der Waals surface area contributed by atoms with Crippen molar-refractivity contribution in [3.63, 3.8) is 0 Å². The smallest absolute Gasteiger partial charge is 0.207 e. The van der Waals surface area contributed by atoms with E-state index in [0.29, 0.717) is 10.8 Å². The molecule has 2 aromatic rings. The van der Waals surface area contributed by atoms with Crippen LogP contribution in [0.5, 0.6) is 0 Å². The molecule has 22 heavy (non-hydrogen) atoms. The molecule has 1 aliphatic rings. The zero-order valence-corrected chi connectivity index (χ0v) is 13.7. The molecular formula is C18H21NO2S. The molecule has 2 aromatic carbocycles. The average Bonchev–Trinajstić information content (AvgIpc) is 3.33. The fourth-order valence-electron chi connectivity index (χ4n) is 2.75. The molecule has 0 radical (unpaired) electrons. The van der Waals surface area contributed by atoms with Crippen LogP contribution >= 0.6 is 0 Å². The summed E-state index contributed by atoms with van der Waals surface area (Å²) in [7, 11) is -3.52. The summed E-state index contributed by atoms with van der Waals surface area (Å²) in [4.78, 5) is 0.383. The first-order chi connectivity index (χ1) is 10.5. The zero-order chi connectivity index (χ0) is 15.7. The van der Waals surface area contributed by atoms with Crippen LogP contribution in [0.2, 0.25) is 0 Å². The molecule has 116 valence electrons. The molecule has 0 spiro atoms. The number of hydrogen-bond donors (Lipinski definition) is 1. The number of benzene rings is 2. The third-order valence-corrected chi connectivity index (χ3v) is 5.75. The lowest BCUT2D eigenvalue weighted by Gasteiger charge is -2.20. The second-order valence-electron chi connectivity index (χ2n) is 6.12. The minimum absolute atomic E-state index is 0.133. The van der Waals surface area contributed by atoms with Gasteiger partial charge >= 0.3 is 0 Å². The van der Waals surface area contributed by atoms with Crippen LogP contribution in [0.3, 0.4) is 0 Å². The molecule has 0 bridgehead atoms. The highest BCUT2D eigenvalue weighted by atomic mass is 32.2. The molecule has 0 saturated heterocycles. The van der Waals surface area contributed by atoms with Gasteiger partial charge in [0, 0.05) is 6.04 Å². The number of rotatable bonds is 5. The second kappa shape index (κ2) is 5.86. The van der Waals surface area contributed by atoms with Gasteiger partial charge in [0.05, 0.1) is 4.90 Å². The predicted octanol–water partition coefficient (Wildman–Crippen LogP) is 3.73. The van der Waals surface area contributed by atoms with Crippen molar-refractivity contribution < 1.29 is 8.42 Å². The van der Waals surface area contributed by atoms with E-state index < -0.39 is 10.0 Å². The lowest BCUT2D eigenvalue weighted by Crippen LogP contribution is -2.30. The van der Waals surface area contributed by atoms with Gasteiger partial charge in [-0.05, 0) is 55.4 Å². The highest BCUT2D eigenvalue weighted by Crippen LogP contribution is 2.41. The van der Waals surface area contributed by atoms with E-state index in [2.05, 4.69) is 4.72 Å².